The second-order valence-electron chi connectivity index (χ2n) is 11.5. The van der Waals surface area contributed by atoms with Crippen molar-refractivity contribution in [2.24, 2.45) is 0 Å². The lowest BCUT2D eigenvalue weighted by atomic mass is 10.0. The van der Waals surface area contributed by atoms with Crippen LogP contribution >= 0.6 is 0 Å². The lowest BCUT2D eigenvalue weighted by Crippen LogP contribution is -2.06. The van der Waals surface area contributed by atoms with Crippen molar-refractivity contribution in [2.75, 3.05) is 0 Å². The van der Waals surface area contributed by atoms with E-state index in [1.165, 1.54) is 0 Å². The van der Waals surface area contributed by atoms with E-state index in [-0.39, 0.29) is 0 Å². The molecule has 7 heteroatoms. The van der Waals surface area contributed by atoms with Crippen molar-refractivity contribution in [3.8, 4) is 34.8 Å². The van der Waals surface area contributed by atoms with E-state index >= 15 is 0 Å². The average Bonchev–Trinajstić information content (AvgIpc) is 3.82. The van der Waals surface area contributed by atoms with Gasteiger partial charge in [-0.15, -0.1) is 0 Å². The van der Waals surface area contributed by atoms with Crippen LogP contribution in [-0.4, -0.2) is 19.5 Å². The number of nitriles is 1. The Morgan fingerprint density at radius 2 is 1.06 bits per heavy atom. The van der Waals surface area contributed by atoms with Gasteiger partial charge < -0.3 is 8.83 Å². The summed E-state index contributed by atoms with van der Waals surface area (Å²) in [6.07, 6.45) is 0. The van der Waals surface area contributed by atoms with Crippen LogP contribution in [0.2, 0.25) is 0 Å². The Labute approximate surface area is 266 Å². The second-order valence-corrected chi connectivity index (χ2v) is 11.5. The van der Waals surface area contributed by atoms with Gasteiger partial charge in [-0.25, -0.2) is 4.98 Å². The van der Waals surface area contributed by atoms with Gasteiger partial charge in [0.25, 0.3) is 0 Å². The highest BCUT2D eigenvalue weighted by atomic mass is 16.4. The lowest BCUT2D eigenvalue weighted by molar-refractivity contribution is 0.633. The SMILES string of the molecule is N#Cc1ccc(-c2nc(-c3ccccc3)nc(-n3c4ccccc4c4c5c6ccccc6oc5c5oc6ccccc6c5c43)n2)cc1. The molecule has 0 fully saturated rings. The summed E-state index contributed by atoms with van der Waals surface area (Å²) in [5.41, 5.74) is 7.06. The summed E-state index contributed by atoms with van der Waals surface area (Å²) in [6.45, 7) is 0. The molecule has 0 N–H and O–H groups in total. The minimum atomic E-state index is 0.475. The maximum absolute atomic E-state index is 9.42. The standard InChI is InChI=1S/C40H21N5O2/c41-22-23-18-20-25(21-19-23)39-42-38(24-10-2-1-3-11-24)43-40(44-39)45-29-15-7-4-12-26(29)32-33-27-13-5-8-16-30(27)46-36(33)37-34(35(32)45)28-14-6-9-17-31(28)47-37/h1-21H. The first kappa shape index (κ1) is 25.5. The van der Waals surface area contributed by atoms with Crippen LogP contribution in [0, 0.1) is 11.3 Å². The fraction of sp³-hybridized carbons (Fsp3) is 0. The lowest BCUT2D eigenvalue weighted by Gasteiger charge is -2.11. The Bertz CT molecular complexity index is 2910. The molecule has 0 unspecified atom stereocenters. The van der Waals surface area contributed by atoms with Gasteiger partial charge in [-0.3, -0.25) is 4.57 Å². The van der Waals surface area contributed by atoms with Crippen molar-refractivity contribution in [1.82, 2.24) is 19.5 Å². The summed E-state index contributed by atoms with van der Waals surface area (Å²) in [4.78, 5) is 15.2. The van der Waals surface area contributed by atoms with Crippen molar-refractivity contribution >= 4 is 65.7 Å². The summed E-state index contributed by atoms with van der Waals surface area (Å²) in [5.74, 6) is 1.53. The summed E-state index contributed by atoms with van der Waals surface area (Å²) in [7, 11) is 0. The van der Waals surface area contributed by atoms with Gasteiger partial charge in [0.2, 0.25) is 5.95 Å². The van der Waals surface area contributed by atoms with Crippen LogP contribution in [0.1, 0.15) is 5.56 Å². The van der Waals surface area contributed by atoms with Gasteiger partial charge in [0.05, 0.1) is 28.1 Å². The molecule has 10 aromatic rings. The molecule has 4 heterocycles. The smallest absolute Gasteiger partial charge is 0.238 e. The molecule has 0 aliphatic rings. The molecule has 10 rings (SSSR count). The summed E-state index contributed by atoms with van der Waals surface area (Å²) in [5, 5.41) is 15.4. The number of rotatable bonds is 3. The molecule has 7 nitrogen and oxygen atoms in total. The number of nitrogens with zero attached hydrogens (tertiary/aromatic N) is 5. The number of fused-ring (bicyclic) bond motifs is 12. The van der Waals surface area contributed by atoms with Crippen LogP contribution in [0.25, 0.3) is 94.4 Å². The third-order valence-electron chi connectivity index (χ3n) is 8.89. The number of para-hydroxylation sites is 3. The molecule has 0 saturated carbocycles. The molecular formula is C40H21N5O2. The molecule has 6 aromatic carbocycles. The topological polar surface area (TPSA) is 93.7 Å². The Morgan fingerprint density at radius 1 is 0.511 bits per heavy atom. The summed E-state index contributed by atoms with van der Waals surface area (Å²) in [6, 6.07) is 44.0. The van der Waals surface area contributed by atoms with Gasteiger partial charge in [-0.2, -0.15) is 15.2 Å². The van der Waals surface area contributed by atoms with E-state index < -0.39 is 0 Å². The fourth-order valence-electron chi connectivity index (χ4n) is 6.84. The Balaban J connectivity index is 1.43. The largest absolute Gasteiger partial charge is 0.452 e. The summed E-state index contributed by atoms with van der Waals surface area (Å²) >= 11 is 0. The third-order valence-corrected chi connectivity index (χ3v) is 8.89. The molecule has 0 atom stereocenters. The first-order valence-electron chi connectivity index (χ1n) is 15.3. The van der Waals surface area contributed by atoms with E-state index in [1.807, 2.05) is 84.9 Å². The average molecular weight is 604 g/mol. The maximum atomic E-state index is 9.42. The molecule has 0 spiro atoms. The normalized spacial score (nSPS) is 11.8. The number of benzene rings is 6. The van der Waals surface area contributed by atoms with Crippen LogP contribution in [0.5, 0.6) is 0 Å². The number of hydrogen-bond donors (Lipinski definition) is 0. The van der Waals surface area contributed by atoms with Crippen LogP contribution in [-0.2, 0) is 0 Å². The highest BCUT2D eigenvalue weighted by molar-refractivity contribution is 6.38. The Kier molecular flexibility index (Phi) is 5.22. The number of hydrogen-bond acceptors (Lipinski definition) is 6. The molecule has 218 valence electrons. The van der Waals surface area contributed by atoms with Gasteiger partial charge in [-0.05, 0) is 42.5 Å². The fourth-order valence-corrected chi connectivity index (χ4v) is 6.84. The molecule has 0 aliphatic carbocycles. The van der Waals surface area contributed by atoms with Crippen LogP contribution in [0.3, 0.4) is 0 Å². The monoisotopic (exact) mass is 603 g/mol. The van der Waals surface area contributed by atoms with Gasteiger partial charge in [0.15, 0.2) is 22.8 Å². The predicted octanol–water partition coefficient (Wildman–Crippen LogP) is 9.97. The zero-order valence-electron chi connectivity index (χ0n) is 24.7. The van der Waals surface area contributed by atoms with Crippen molar-refractivity contribution in [1.29, 1.82) is 5.26 Å². The molecule has 0 amide bonds. The van der Waals surface area contributed by atoms with Crippen LogP contribution in [0.15, 0.2) is 136 Å². The van der Waals surface area contributed by atoms with E-state index in [1.54, 1.807) is 12.1 Å². The highest BCUT2D eigenvalue weighted by Gasteiger charge is 2.27. The quantitative estimate of drug-likeness (QED) is 0.199. The summed E-state index contributed by atoms with van der Waals surface area (Å²) < 4.78 is 15.3. The van der Waals surface area contributed by atoms with Crippen molar-refractivity contribution in [3.05, 3.63) is 133 Å². The van der Waals surface area contributed by atoms with Crippen LogP contribution in [0.4, 0.5) is 0 Å². The van der Waals surface area contributed by atoms with E-state index in [9.17, 15) is 5.26 Å². The zero-order valence-corrected chi connectivity index (χ0v) is 24.7. The molecule has 47 heavy (non-hydrogen) atoms. The Morgan fingerprint density at radius 3 is 1.74 bits per heavy atom. The van der Waals surface area contributed by atoms with Gasteiger partial charge in [0, 0.05) is 38.1 Å². The third kappa shape index (κ3) is 3.64. The van der Waals surface area contributed by atoms with E-state index in [0.29, 0.717) is 34.3 Å². The first-order valence-corrected chi connectivity index (χ1v) is 15.3. The molecular weight excluding hydrogens is 582 g/mol. The Hall–Kier alpha value is -6.78. The zero-order chi connectivity index (χ0) is 31.1. The maximum Gasteiger partial charge on any atom is 0.238 e. The van der Waals surface area contributed by atoms with Crippen LogP contribution < -0.4 is 0 Å². The van der Waals surface area contributed by atoms with Gasteiger partial charge >= 0.3 is 0 Å². The van der Waals surface area contributed by atoms with Gasteiger partial charge in [-0.1, -0.05) is 84.9 Å². The predicted molar refractivity (Wildman–Crippen MR) is 184 cm³/mol. The van der Waals surface area contributed by atoms with Crippen molar-refractivity contribution in [2.45, 2.75) is 0 Å². The molecule has 4 aromatic heterocycles. The van der Waals surface area contributed by atoms with E-state index in [0.717, 1.165) is 65.6 Å². The minimum Gasteiger partial charge on any atom is -0.452 e. The minimum absolute atomic E-state index is 0.475. The second kappa shape index (κ2) is 9.61. The van der Waals surface area contributed by atoms with E-state index in [4.69, 9.17) is 23.8 Å². The van der Waals surface area contributed by atoms with Crippen molar-refractivity contribution < 1.29 is 8.83 Å². The first-order chi connectivity index (χ1) is 23.3. The molecule has 0 aliphatic heterocycles. The molecule has 0 saturated heterocycles. The number of furan rings is 2. The van der Waals surface area contributed by atoms with Crippen molar-refractivity contribution in [3.63, 3.8) is 0 Å². The highest BCUT2D eigenvalue weighted by Crippen LogP contribution is 2.48. The molecule has 0 radical (unpaired) electrons. The van der Waals surface area contributed by atoms with E-state index in [2.05, 4.69) is 41.0 Å². The molecule has 0 bridgehead atoms. The van der Waals surface area contributed by atoms with Gasteiger partial charge in [0.1, 0.15) is 11.2 Å². The number of aromatic nitrogens is 4.